The van der Waals surface area contributed by atoms with Crippen LogP contribution in [-0.4, -0.2) is 10.8 Å². The first kappa shape index (κ1) is 14.1. The number of aryl methyl sites for hydroxylation is 2. The Hall–Kier alpha value is -2.34. The van der Waals surface area contributed by atoms with Crippen LogP contribution in [-0.2, 0) is 0 Å². The van der Waals surface area contributed by atoms with Crippen LogP contribution in [0.1, 0.15) is 21.5 Å². The number of nitrogens with zero attached hydrogens (tertiary/aromatic N) is 1. The summed E-state index contributed by atoms with van der Waals surface area (Å²) in [7, 11) is 0. The van der Waals surface area contributed by atoms with Gasteiger partial charge < -0.3 is 9.73 Å². The molecule has 1 amide bonds. The van der Waals surface area contributed by atoms with Gasteiger partial charge in [-0.3, -0.25) is 14.9 Å². The zero-order valence-corrected chi connectivity index (χ0v) is 11.5. The van der Waals surface area contributed by atoms with E-state index in [9.17, 15) is 14.9 Å². The fourth-order valence-corrected chi connectivity index (χ4v) is 2.02. The van der Waals surface area contributed by atoms with Gasteiger partial charge in [0.05, 0.1) is 22.4 Å². The first-order chi connectivity index (χ1) is 9.40. The van der Waals surface area contributed by atoms with E-state index in [1.54, 1.807) is 19.9 Å². The highest BCUT2D eigenvalue weighted by Gasteiger charge is 2.18. The second-order valence-corrected chi connectivity index (χ2v) is 4.62. The Balaban J connectivity index is 2.34. The van der Waals surface area contributed by atoms with Crippen molar-refractivity contribution in [2.45, 2.75) is 13.8 Å². The van der Waals surface area contributed by atoms with E-state index < -0.39 is 10.8 Å². The highest BCUT2D eigenvalue weighted by Crippen LogP contribution is 2.27. The van der Waals surface area contributed by atoms with E-state index in [0.717, 1.165) is 5.56 Å². The van der Waals surface area contributed by atoms with Crippen molar-refractivity contribution in [2.24, 2.45) is 0 Å². The number of hydrogen-bond acceptors (Lipinski definition) is 4. The number of benzene rings is 1. The number of rotatable bonds is 3. The zero-order valence-electron chi connectivity index (χ0n) is 10.8. The van der Waals surface area contributed by atoms with Crippen molar-refractivity contribution in [2.75, 3.05) is 5.32 Å². The van der Waals surface area contributed by atoms with Gasteiger partial charge >= 0.3 is 0 Å². The molecule has 20 heavy (non-hydrogen) atoms. The van der Waals surface area contributed by atoms with Crippen LogP contribution in [0.25, 0.3) is 0 Å². The molecule has 1 N–H and O–H groups in total. The number of anilines is 1. The number of amides is 1. The second-order valence-electron chi connectivity index (χ2n) is 4.27. The Morgan fingerprint density at radius 1 is 1.35 bits per heavy atom. The lowest BCUT2D eigenvalue weighted by Gasteiger charge is -2.09. The molecule has 1 heterocycles. The van der Waals surface area contributed by atoms with Crippen molar-refractivity contribution in [3.8, 4) is 0 Å². The fourth-order valence-electron chi connectivity index (χ4n) is 1.82. The van der Waals surface area contributed by atoms with Crippen LogP contribution in [0, 0.1) is 24.0 Å². The van der Waals surface area contributed by atoms with E-state index >= 15 is 0 Å². The van der Waals surface area contributed by atoms with Crippen LogP contribution < -0.4 is 5.32 Å². The number of furan rings is 1. The molecule has 0 fully saturated rings. The maximum atomic E-state index is 12.0. The van der Waals surface area contributed by atoms with Gasteiger partial charge in [0.2, 0.25) is 5.22 Å². The van der Waals surface area contributed by atoms with E-state index in [4.69, 9.17) is 16.0 Å². The third-order valence-corrected chi connectivity index (χ3v) is 3.14. The molecular formula is C13H11ClN2O4. The number of carbonyl (C=O) groups excluding carboxylic acids is 1. The molecule has 0 radical (unpaired) electrons. The smallest absolute Gasteiger partial charge is 0.274 e. The largest absolute Gasteiger partial charge is 0.452 e. The molecule has 0 aliphatic rings. The molecule has 0 atom stereocenters. The normalized spacial score (nSPS) is 10.3. The maximum Gasteiger partial charge on any atom is 0.274 e. The summed E-state index contributed by atoms with van der Waals surface area (Å²) in [6.45, 7) is 3.40. The Morgan fingerprint density at radius 2 is 2.05 bits per heavy atom. The second kappa shape index (κ2) is 5.34. The van der Waals surface area contributed by atoms with Gasteiger partial charge in [0.15, 0.2) is 0 Å². The van der Waals surface area contributed by atoms with Gasteiger partial charge in [0.1, 0.15) is 0 Å². The molecule has 0 aliphatic heterocycles. The van der Waals surface area contributed by atoms with Gasteiger partial charge in [-0.15, -0.1) is 0 Å². The molecule has 0 bridgehead atoms. The van der Waals surface area contributed by atoms with Gasteiger partial charge in [0, 0.05) is 11.6 Å². The predicted molar refractivity (Wildman–Crippen MR) is 74.2 cm³/mol. The summed E-state index contributed by atoms with van der Waals surface area (Å²) in [5.41, 5.74) is 1.75. The highest BCUT2D eigenvalue weighted by atomic mass is 35.5. The molecule has 0 unspecified atom stereocenters. The van der Waals surface area contributed by atoms with Gasteiger partial charge in [-0.25, -0.2) is 0 Å². The molecule has 2 rings (SSSR count). The van der Waals surface area contributed by atoms with Crippen molar-refractivity contribution < 1.29 is 14.1 Å². The lowest BCUT2D eigenvalue weighted by Crippen LogP contribution is -2.12. The molecule has 0 aliphatic carbocycles. The van der Waals surface area contributed by atoms with Gasteiger partial charge in [0.25, 0.3) is 11.6 Å². The quantitative estimate of drug-likeness (QED) is 0.690. The molecule has 2 aromatic rings. The van der Waals surface area contributed by atoms with Crippen LogP contribution >= 0.6 is 11.6 Å². The van der Waals surface area contributed by atoms with Gasteiger partial charge in [-0.2, -0.15) is 0 Å². The van der Waals surface area contributed by atoms with Crippen molar-refractivity contribution in [3.63, 3.8) is 0 Å². The standard InChI is InChI=1S/C13H11ClN2O4/c1-7-5-8(2)11(16(18)19)6-10(7)15-13(17)9-3-4-20-12(9)14/h3-6H,1-2H3,(H,15,17). The van der Waals surface area contributed by atoms with Crippen LogP contribution in [0.5, 0.6) is 0 Å². The van der Waals surface area contributed by atoms with Gasteiger partial charge in [-0.1, -0.05) is 0 Å². The van der Waals surface area contributed by atoms with E-state index in [2.05, 4.69) is 5.32 Å². The summed E-state index contributed by atoms with van der Waals surface area (Å²) in [6.07, 6.45) is 1.29. The minimum absolute atomic E-state index is 0.0261. The molecule has 1 aromatic carbocycles. The number of nitrogens with one attached hydrogen (secondary N) is 1. The molecule has 0 saturated carbocycles. The summed E-state index contributed by atoms with van der Waals surface area (Å²) < 4.78 is 4.83. The van der Waals surface area contributed by atoms with E-state index in [1.165, 1.54) is 18.4 Å². The molecule has 7 heteroatoms. The summed E-state index contributed by atoms with van der Waals surface area (Å²) >= 11 is 5.71. The lowest BCUT2D eigenvalue weighted by atomic mass is 10.1. The van der Waals surface area contributed by atoms with Crippen LogP contribution in [0.2, 0.25) is 5.22 Å². The molecule has 6 nitrogen and oxygen atoms in total. The Kier molecular flexibility index (Phi) is 3.76. The fraction of sp³-hybridized carbons (Fsp3) is 0.154. The first-order valence-corrected chi connectivity index (χ1v) is 6.08. The molecular weight excluding hydrogens is 284 g/mol. The summed E-state index contributed by atoms with van der Waals surface area (Å²) in [6, 6.07) is 4.40. The average molecular weight is 295 g/mol. The topological polar surface area (TPSA) is 85.4 Å². The zero-order chi connectivity index (χ0) is 14.9. The Labute approximate surface area is 119 Å². The number of halogens is 1. The maximum absolute atomic E-state index is 12.0. The third-order valence-electron chi connectivity index (χ3n) is 2.85. The first-order valence-electron chi connectivity index (χ1n) is 5.70. The van der Waals surface area contributed by atoms with Crippen molar-refractivity contribution in [1.82, 2.24) is 0 Å². The number of hydrogen-bond donors (Lipinski definition) is 1. The molecule has 1 aromatic heterocycles. The van der Waals surface area contributed by atoms with Crippen LogP contribution in [0.15, 0.2) is 28.9 Å². The minimum atomic E-state index is -0.491. The van der Waals surface area contributed by atoms with E-state index in [0.29, 0.717) is 11.3 Å². The lowest BCUT2D eigenvalue weighted by molar-refractivity contribution is -0.385. The summed E-state index contributed by atoms with van der Waals surface area (Å²) in [5, 5.41) is 13.5. The average Bonchev–Trinajstić information content (AvgIpc) is 2.78. The molecule has 0 spiro atoms. The van der Waals surface area contributed by atoms with E-state index in [1.807, 2.05) is 0 Å². The highest BCUT2D eigenvalue weighted by molar-refractivity contribution is 6.32. The monoisotopic (exact) mass is 294 g/mol. The van der Waals surface area contributed by atoms with Crippen LogP contribution in [0.4, 0.5) is 11.4 Å². The number of carbonyl (C=O) groups is 1. The van der Waals surface area contributed by atoms with Crippen molar-refractivity contribution in [1.29, 1.82) is 0 Å². The Bertz CT molecular complexity index is 694. The molecule has 104 valence electrons. The SMILES string of the molecule is Cc1cc(C)c([N+](=O)[O-])cc1NC(=O)c1ccoc1Cl. The van der Waals surface area contributed by atoms with E-state index in [-0.39, 0.29) is 16.5 Å². The summed E-state index contributed by atoms with van der Waals surface area (Å²) in [5.74, 6) is -0.481. The molecule has 0 saturated heterocycles. The number of nitro groups is 1. The number of nitro benzene ring substituents is 1. The Morgan fingerprint density at radius 3 is 2.60 bits per heavy atom. The van der Waals surface area contributed by atoms with Gasteiger partial charge in [-0.05, 0) is 43.1 Å². The minimum Gasteiger partial charge on any atom is -0.452 e. The predicted octanol–water partition coefficient (Wildman–Crippen LogP) is 3.71. The third kappa shape index (κ3) is 2.65. The van der Waals surface area contributed by atoms with Crippen molar-refractivity contribution >= 4 is 28.9 Å². The van der Waals surface area contributed by atoms with Crippen molar-refractivity contribution in [3.05, 3.63) is 56.5 Å². The summed E-state index contributed by atoms with van der Waals surface area (Å²) in [4.78, 5) is 22.4. The van der Waals surface area contributed by atoms with Crippen LogP contribution in [0.3, 0.4) is 0 Å².